The van der Waals surface area contributed by atoms with Gasteiger partial charge in [-0.05, 0) is 66.6 Å². The maximum atomic E-state index is 12.0. The molecule has 36 heavy (non-hydrogen) atoms. The van der Waals surface area contributed by atoms with Gasteiger partial charge >= 0.3 is 0 Å². The van der Waals surface area contributed by atoms with Crippen LogP contribution in [0.25, 0.3) is 27.9 Å². The lowest BCUT2D eigenvalue weighted by atomic mass is 9.73. The van der Waals surface area contributed by atoms with Crippen LogP contribution in [0.15, 0.2) is 72.0 Å². The van der Waals surface area contributed by atoms with Gasteiger partial charge in [0, 0.05) is 49.4 Å². The van der Waals surface area contributed by atoms with Gasteiger partial charge < -0.3 is 10.2 Å². The van der Waals surface area contributed by atoms with Crippen molar-refractivity contribution in [2.24, 2.45) is 5.41 Å². The van der Waals surface area contributed by atoms with Gasteiger partial charge in [0.1, 0.15) is 0 Å². The largest absolute Gasteiger partial charge is 0.316 e. The molecule has 2 aliphatic rings. The van der Waals surface area contributed by atoms with E-state index >= 15 is 0 Å². The number of piperidine rings is 1. The predicted molar refractivity (Wildman–Crippen MR) is 142 cm³/mol. The summed E-state index contributed by atoms with van der Waals surface area (Å²) in [4.78, 5) is 7.56. The highest BCUT2D eigenvalue weighted by Gasteiger charge is 2.39. The highest BCUT2D eigenvalue weighted by atomic mass is 32.2. The first kappa shape index (κ1) is 23.3. The highest BCUT2D eigenvalue weighted by Crippen LogP contribution is 2.35. The molecule has 1 spiro atoms. The Morgan fingerprint density at radius 2 is 1.75 bits per heavy atom. The molecule has 7 nitrogen and oxygen atoms in total. The number of benzene rings is 2. The molecule has 0 unspecified atom stereocenters. The van der Waals surface area contributed by atoms with Crippen LogP contribution in [0.5, 0.6) is 0 Å². The van der Waals surface area contributed by atoms with Gasteiger partial charge in [-0.2, -0.15) is 5.10 Å². The zero-order chi connectivity index (χ0) is 24.8. The van der Waals surface area contributed by atoms with Crippen molar-refractivity contribution >= 4 is 15.5 Å². The summed E-state index contributed by atoms with van der Waals surface area (Å²) >= 11 is 0. The van der Waals surface area contributed by atoms with Gasteiger partial charge in [0.2, 0.25) is 0 Å². The molecule has 2 aromatic carbocycles. The Kier molecular flexibility index (Phi) is 5.90. The Morgan fingerprint density at radius 3 is 2.44 bits per heavy atom. The number of sulfone groups is 1. The van der Waals surface area contributed by atoms with Crippen LogP contribution in [0, 0.1) is 5.41 Å². The average molecular weight is 502 g/mol. The molecule has 0 aliphatic carbocycles. The number of rotatable bonds is 6. The fourth-order valence-electron chi connectivity index (χ4n) is 5.36. The molecule has 0 amide bonds. The Bertz CT molecular complexity index is 1500. The number of fused-ring (bicyclic) bond motifs is 1. The second-order valence-corrected chi connectivity index (χ2v) is 12.4. The summed E-state index contributed by atoms with van der Waals surface area (Å²) in [5.74, 6) is 0. The van der Waals surface area contributed by atoms with E-state index in [4.69, 9.17) is 0 Å². The lowest BCUT2D eigenvalue weighted by molar-refractivity contribution is 0.0560. The van der Waals surface area contributed by atoms with E-state index in [-0.39, 0.29) is 4.90 Å². The van der Waals surface area contributed by atoms with Crippen LogP contribution < -0.4 is 5.32 Å². The Balaban J connectivity index is 1.14. The molecule has 4 heterocycles. The van der Waals surface area contributed by atoms with E-state index in [1.54, 1.807) is 28.9 Å². The van der Waals surface area contributed by atoms with Crippen LogP contribution in [0.1, 0.15) is 18.4 Å². The summed E-state index contributed by atoms with van der Waals surface area (Å²) in [6.07, 6.45) is 10.5. The van der Waals surface area contributed by atoms with Gasteiger partial charge in [-0.3, -0.25) is 0 Å². The Labute approximate surface area is 212 Å². The molecular formula is C28H31N5O2S. The summed E-state index contributed by atoms with van der Waals surface area (Å²) < 4.78 is 25.7. The maximum absolute atomic E-state index is 12.0. The van der Waals surface area contributed by atoms with Crippen LogP contribution in [-0.4, -0.2) is 66.9 Å². The zero-order valence-electron chi connectivity index (χ0n) is 20.5. The minimum absolute atomic E-state index is 0.288. The van der Waals surface area contributed by atoms with Gasteiger partial charge in [-0.15, -0.1) is 0 Å². The van der Waals surface area contributed by atoms with Gasteiger partial charge in [0.05, 0.1) is 11.1 Å². The van der Waals surface area contributed by atoms with Crippen molar-refractivity contribution in [1.29, 1.82) is 0 Å². The van der Waals surface area contributed by atoms with Crippen molar-refractivity contribution < 1.29 is 8.42 Å². The fraction of sp³-hybridized carbons (Fsp3) is 0.357. The SMILES string of the molecule is CS(=O)(=O)c1cccc(-c2cnn3cc(-c4ccc(CCN5CCC6(CC5)CNC6)cc4)cnc23)c1. The van der Waals surface area contributed by atoms with E-state index in [2.05, 4.69) is 44.6 Å². The lowest BCUT2D eigenvalue weighted by Gasteiger charge is -2.48. The fourth-order valence-corrected chi connectivity index (χ4v) is 6.02. The number of nitrogens with one attached hydrogen (secondary N) is 1. The van der Waals surface area contributed by atoms with E-state index in [9.17, 15) is 8.42 Å². The summed E-state index contributed by atoms with van der Waals surface area (Å²) in [5.41, 5.74) is 6.33. The highest BCUT2D eigenvalue weighted by molar-refractivity contribution is 7.90. The van der Waals surface area contributed by atoms with E-state index in [1.807, 2.05) is 18.5 Å². The molecule has 2 fully saturated rings. The summed E-state index contributed by atoms with van der Waals surface area (Å²) in [6, 6.07) is 15.7. The van der Waals surface area contributed by atoms with Crippen molar-refractivity contribution in [3.8, 4) is 22.3 Å². The third kappa shape index (κ3) is 4.56. The average Bonchev–Trinajstić information content (AvgIpc) is 3.30. The minimum Gasteiger partial charge on any atom is -0.316 e. The molecule has 4 aromatic rings. The topological polar surface area (TPSA) is 79.6 Å². The van der Waals surface area contributed by atoms with Crippen LogP contribution in [-0.2, 0) is 16.3 Å². The summed E-state index contributed by atoms with van der Waals surface area (Å²) in [6.45, 7) is 5.97. The molecule has 2 saturated heterocycles. The number of nitrogens with zero attached hydrogens (tertiary/aromatic N) is 4. The van der Waals surface area contributed by atoms with Crippen molar-refractivity contribution in [2.75, 3.05) is 39.0 Å². The van der Waals surface area contributed by atoms with Crippen molar-refractivity contribution in [2.45, 2.75) is 24.2 Å². The number of hydrogen-bond donors (Lipinski definition) is 1. The molecule has 0 radical (unpaired) electrons. The Hall–Kier alpha value is -3.07. The summed E-state index contributed by atoms with van der Waals surface area (Å²) in [5, 5.41) is 7.93. The lowest BCUT2D eigenvalue weighted by Crippen LogP contribution is -2.58. The van der Waals surface area contributed by atoms with Crippen LogP contribution in [0.4, 0.5) is 0 Å². The first-order valence-electron chi connectivity index (χ1n) is 12.5. The van der Waals surface area contributed by atoms with E-state index < -0.39 is 9.84 Å². The standard InChI is InChI=1S/C28H31N5O2S/c1-36(34,35)25-4-2-3-23(15-25)26-17-31-33-18-24(16-30-27(26)33)22-7-5-21(6-8-22)9-12-32-13-10-28(11-14-32)19-29-20-28/h2-8,15-18,29H,9-14,19-20H2,1H3. The van der Waals surface area contributed by atoms with E-state index in [0.717, 1.165) is 35.2 Å². The second kappa shape index (κ2) is 9.10. The number of likely N-dealkylation sites (tertiary alicyclic amines) is 1. The molecule has 2 aliphatic heterocycles. The normalized spacial score (nSPS) is 17.9. The molecular weight excluding hydrogens is 470 g/mol. The van der Waals surface area contributed by atoms with Crippen molar-refractivity contribution in [3.63, 3.8) is 0 Å². The second-order valence-electron chi connectivity index (χ2n) is 10.4. The number of aromatic nitrogens is 3. The monoisotopic (exact) mass is 501 g/mol. The molecule has 0 atom stereocenters. The molecule has 8 heteroatoms. The molecule has 6 rings (SSSR count). The van der Waals surface area contributed by atoms with Crippen LogP contribution in [0.3, 0.4) is 0 Å². The molecule has 1 N–H and O–H groups in total. The number of hydrogen-bond acceptors (Lipinski definition) is 6. The van der Waals surface area contributed by atoms with Gasteiger partial charge in [-0.25, -0.2) is 17.9 Å². The molecule has 186 valence electrons. The van der Waals surface area contributed by atoms with Crippen LogP contribution in [0.2, 0.25) is 0 Å². The third-order valence-electron chi connectivity index (χ3n) is 7.85. The predicted octanol–water partition coefficient (Wildman–Crippen LogP) is 3.69. The maximum Gasteiger partial charge on any atom is 0.175 e. The quantitative estimate of drug-likeness (QED) is 0.434. The van der Waals surface area contributed by atoms with Crippen molar-refractivity contribution in [1.82, 2.24) is 24.8 Å². The van der Waals surface area contributed by atoms with E-state index in [0.29, 0.717) is 11.1 Å². The van der Waals surface area contributed by atoms with Gasteiger partial charge in [0.15, 0.2) is 15.5 Å². The smallest absolute Gasteiger partial charge is 0.175 e. The third-order valence-corrected chi connectivity index (χ3v) is 8.96. The van der Waals surface area contributed by atoms with Gasteiger partial charge in [0.25, 0.3) is 0 Å². The van der Waals surface area contributed by atoms with Gasteiger partial charge in [-0.1, -0.05) is 36.4 Å². The zero-order valence-corrected chi connectivity index (χ0v) is 21.3. The van der Waals surface area contributed by atoms with Crippen LogP contribution >= 0.6 is 0 Å². The minimum atomic E-state index is -3.28. The molecule has 0 saturated carbocycles. The Morgan fingerprint density at radius 1 is 0.972 bits per heavy atom. The first-order valence-corrected chi connectivity index (χ1v) is 14.4. The van der Waals surface area contributed by atoms with E-state index in [1.165, 1.54) is 50.8 Å². The molecule has 2 aromatic heterocycles. The van der Waals surface area contributed by atoms with Crippen molar-refractivity contribution in [3.05, 3.63) is 72.7 Å². The summed E-state index contributed by atoms with van der Waals surface area (Å²) in [7, 11) is -3.28. The molecule has 0 bridgehead atoms. The first-order chi connectivity index (χ1) is 17.4.